The van der Waals surface area contributed by atoms with E-state index >= 15 is 0 Å². The molecule has 8 heteroatoms. The predicted molar refractivity (Wildman–Crippen MR) is 109 cm³/mol. The largest absolute Gasteiger partial charge is 0.394 e. The summed E-state index contributed by atoms with van der Waals surface area (Å²) in [6, 6.07) is 12.9. The highest BCUT2D eigenvalue weighted by Crippen LogP contribution is 2.24. The van der Waals surface area contributed by atoms with E-state index in [-0.39, 0.29) is 30.0 Å². The lowest BCUT2D eigenvalue weighted by Crippen LogP contribution is -2.22. The number of aliphatic hydroxyl groups excluding tert-OH is 1. The molecule has 3 rings (SSSR count). The molecular formula is C21H23N5O3. The molecule has 0 bridgehead atoms. The Bertz CT molecular complexity index is 1000. The van der Waals surface area contributed by atoms with E-state index in [1.807, 2.05) is 37.3 Å². The molecule has 3 aromatic rings. The molecule has 2 aromatic heterocycles. The Labute approximate surface area is 168 Å². The van der Waals surface area contributed by atoms with Crippen molar-refractivity contribution >= 4 is 17.5 Å². The van der Waals surface area contributed by atoms with E-state index in [1.165, 1.54) is 24.0 Å². The van der Waals surface area contributed by atoms with Gasteiger partial charge in [-0.2, -0.15) is 5.10 Å². The van der Waals surface area contributed by atoms with Crippen molar-refractivity contribution in [3.63, 3.8) is 0 Å². The van der Waals surface area contributed by atoms with Gasteiger partial charge in [0.15, 0.2) is 0 Å². The van der Waals surface area contributed by atoms with Crippen molar-refractivity contribution in [2.45, 2.75) is 19.4 Å². The van der Waals surface area contributed by atoms with Crippen LogP contribution in [0, 0.1) is 0 Å². The van der Waals surface area contributed by atoms with Crippen LogP contribution in [0.1, 0.15) is 44.9 Å². The minimum atomic E-state index is -0.373. The number of aromatic nitrogens is 3. The summed E-state index contributed by atoms with van der Waals surface area (Å²) >= 11 is 0. The third-order valence-corrected chi connectivity index (χ3v) is 4.53. The van der Waals surface area contributed by atoms with Crippen LogP contribution in [0.25, 0.3) is 0 Å². The van der Waals surface area contributed by atoms with E-state index < -0.39 is 0 Å². The van der Waals surface area contributed by atoms with Crippen LogP contribution in [-0.4, -0.2) is 45.3 Å². The summed E-state index contributed by atoms with van der Waals surface area (Å²) in [7, 11) is 1.52. The summed E-state index contributed by atoms with van der Waals surface area (Å²) in [6.07, 6.45) is 3.13. The SMILES string of the molecule is CNC(=O)c1cc(C(=O)Nc2cnn(CCO)c2)cc([C@@H](C)c2ccccc2)n1. The number of anilines is 1. The summed E-state index contributed by atoms with van der Waals surface area (Å²) in [6.45, 7) is 2.27. The molecule has 1 atom stereocenters. The van der Waals surface area contributed by atoms with Gasteiger partial charge in [0, 0.05) is 30.4 Å². The summed E-state index contributed by atoms with van der Waals surface area (Å²) in [4.78, 5) is 29.5. The number of benzene rings is 1. The number of nitrogens with zero attached hydrogens (tertiary/aromatic N) is 3. The fourth-order valence-corrected chi connectivity index (χ4v) is 2.92. The third kappa shape index (κ3) is 4.85. The van der Waals surface area contributed by atoms with E-state index in [0.717, 1.165) is 5.56 Å². The Hall–Kier alpha value is -3.52. The van der Waals surface area contributed by atoms with Gasteiger partial charge in [-0.15, -0.1) is 0 Å². The normalized spacial score (nSPS) is 11.7. The number of hydrogen-bond donors (Lipinski definition) is 3. The second kappa shape index (κ2) is 9.11. The van der Waals surface area contributed by atoms with Gasteiger partial charge in [-0.3, -0.25) is 14.3 Å². The Balaban J connectivity index is 1.92. The Morgan fingerprint density at radius 3 is 2.62 bits per heavy atom. The van der Waals surface area contributed by atoms with Gasteiger partial charge in [0.05, 0.1) is 25.0 Å². The number of rotatable bonds is 7. The van der Waals surface area contributed by atoms with Crippen LogP contribution in [0.15, 0.2) is 54.9 Å². The Kier molecular flexibility index (Phi) is 6.36. The highest BCUT2D eigenvalue weighted by Gasteiger charge is 2.18. The van der Waals surface area contributed by atoms with Crippen molar-refractivity contribution in [3.8, 4) is 0 Å². The molecule has 0 saturated carbocycles. The van der Waals surface area contributed by atoms with E-state index in [4.69, 9.17) is 5.11 Å². The van der Waals surface area contributed by atoms with Crippen LogP contribution in [0.5, 0.6) is 0 Å². The number of nitrogens with one attached hydrogen (secondary N) is 2. The topological polar surface area (TPSA) is 109 Å². The molecular weight excluding hydrogens is 370 g/mol. The van der Waals surface area contributed by atoms with Crippen LogP contribution < -0.4 is 10.6 Å². The number of pyridine rings is 1. The molecule has 2 amide bonds. The van der Waals surface area contributed by atoms with Crippen LogP contribution in [0.2, 0.25) is 0 Å². The lowest BCUT2D eigenvalue weighted by atomic mass is 9.96. The van der Waals surface area contributed by atoms with Crippen molar-refractivity contribution in [3.05, 3.63) is 77.4 Å². The van der Waals surface area contributed by atoms with Gasteiger partial charge in [-0.05, 0) is 17.7 Å². The van der Waals surface area contributed by atoms with Gasteiger partial charge >= 0.3 is 0 Å². The van der Waals surface area contributed by atoms with Crippen LogP contribution in [0.3, 0.4) is 0 Å². The van der Waals surface area contributed by atoms with Gasteiger partial charge in [-0.25, -0.2) is 4.98 Å². The lowest BCUT2D eigenvalue weighted by Gasteiger charge is -2.14. The van der Waals surface area contributed by atoms with Gasteiger partial charge in [-0.1, -0.05) is 37.3 Å². The smallest absolute Gasteiger partial charge is 0.269 e. The first kappa shape index (κ1) is 20.2. The second-order valence-corrected chi connectivity index (χ2v) is 6.55. The first-order valence-electron chi connectivity index (χ1n) is 9.25. The fraction of sp³-hybridized carbons (Fsp3) is 0.238. The number of hydrogen-bond acceptors (Lipinski definition) is 5. The van der Waals surface area contributed by atoms with Gasteiger partial charge < -0.3 is 15.7 Å². The average Bonchev–Trinajstić information content (AvgIpc) is 3.20. The molecule has 29 heavy (non-hydrogen) atoms. The summed E-state index contributed by atoms with van der Waals surface area (Å²) in [5, 5.41) is 18.4. The molecule has 0 aliphatic carbocycles. The number of aliphatic hydroxyl groups is 1. The molecule has 8 nitrogen and oxygen atoms in total. The Morgan fingerprint density at radius 1 is 1.17 bits per heavy atom. The highest BCUT2D eigenvalue weighted by molar-refractivity contribution is 6.05. The standard InChI is InChI=1S/C21H23N5O3/c1-14(15-6-4-3-5-7-15)18-10-16(11-19(25-18)21(29)22-2)20(28)24-17-12-23-26(13-17)8-9-27/h3-7,10-14,27H,8-9H2,1-2H3,(H,22,29)(H,24,28)/t14-/m0/s1. The zero-order valence-electron chi connectivity index (χ0n) is 16.3. The maximum Gasteiger partial charge on any atom is 0.269 e. The van der Waals surface area contributed by atoms with Crippen molar-refractivity contribution in [2.24, 2.45) is 0 Å². The van der Waals surface area contributed by atoms with Crippen molar-refractivity contribution < 1.29 is 14.7 Å². The summed E-state index contributed by atoms with van der Waals surface area (Å²) in [5.74, 6) is -0.834. The molecule has 0 fully saturated rings. The van der Waals surface area contributed by atoms with Crippen molar-refractivity contribution in [1.82, 2.24) is 20.1 Å². The first-order valence-corrected chi connectivity index (χ1v) is 9.25. The molecule has 150 valence electrons. The quantitative estimate of drug-likeness (QED) is 0.569. The lowest BCUT2D eigenvalue weighted by molar-refractivity contribution is 0.0958. The van der Waals surface area contributed by atoms with Gasteiger partial charge in [0.25, 0.3) is 11.8 Å². The van der Waals surface area contributed by atoms with E-state index in [9.17, 15) is 9.59 Å². The van der Waals surface area contributed by atoms with E-state index in [2.05, 4.69) is 20.7 Å². The zero-order chi connectivity index (χ0) is 20.8. The average molecular weight is 393 g/mol. The molecule has 1 aromatic carbocycles. The zero-order valence-corrected chi connectivity index (χ0v) is 16.3. The number of amides is 2. The second-order valence-electron chi connectivity index (χ2n) is 6.55. The minimum Gasteiger partial charge on any atom is -0.394 e. The van der Waals surface area contributed by atoms with Crippen molar-refractivity contribution in [2.75, 3.05) is 19.0 Å². The maximum atomic E-state index is 12.8. The number of carbonyl (C=O) groups excluding carboxylic acids is 2. The number of carbonyl (C=O) groups is 2. The van der Waals surface area contributed by atoms with Gasteiger partial charge in [0.2, 0.25) is 0 Å². The first-order chi connectivity index (χ1) is 14.0. The summed E-state index contributed by atoms with van der Waals surface area (Å²) in [5.41, 5.74) is 2.66. The van der Waals surface area contributed by atoms with Gasteiger partial charge in [0.1, 0.15) is 5.69 Å². The molecule has 0 radical (unpaired) electrons. The molecule has 0 aliphatic rings. The van der Waals surface area contributed by atoms with E-state index in [1.54, 1.807) is 12.3 Å². The molecule has 0 unspecified atom stereocenters. The van der Waals surface area contributed by atoms with Crippen LogP contribution in [-0.2, 0) is 6.54 Å². The molecule has 0 aliphatic heterocycles. The third-order valence-electron chi connectivity index (χ3n) is 4.53. The van der Waals surface area contributed by atoms with E-state index in [0.29, 0.717) is 23.5 Å². The Morgan fingerprint density at radius 2 is 1.93 bits per heavy atom. The highest BCUT2D eigenvalue weighted by atomic mass is 16.3. The fourth-order valence-electron chi connectivity index (χ4n) is 2.92. The monoisotopic (exact) mass is 393 g/mol. The molecule has 2 heterocycles. The van der Waals surface area contributed by atoms with Crippen LogP contribution >= 0.6 is 0 Å². The molecule has 3 N–H and O–H groups in total. The van der Waals surface area contributed by atoms with Crippen molar-refractivity contribution in [1.29, 1.82) is 0 Å². The maximum absolute atomic E-state index is 12.8. The molecule has 0 spiro atoms. The summed E-state index contributed by atoms with van der Waals surface area (Å²) < 4.78 is 1.53. The minimum absolute atomic E-state index is 0.0460. The predicted octanol–water partition coefficient (Wildman–Crippen LogP) is 2.03. The van der Waals surface area contributed by atoms with Crippen LogP contribution in [0.4, 0.5) is 5.69 Å². The molecule has 0 saturated heterocycles.